The largest absolute Gasteiger partial charge is 0.491 e. The fourth-order valence-corrected chi connectivity index (χ4v) is 1.07. The van der Waals surface area contributed by atoms with Crippen molar-refractivity contribution < 1.29 is 18.7 Å². The summed E-state index contributed by atoms with van der Waals surface area (Å²) in [6, 6.07) is 4.01. The van der Waals surface area contributed by atoms with E-state index < -0.39 is 11.8 Å². The molecule has 0 unspecified atom stereocenters. The monoisotopic (exact) mass is 212 g/mol. The molecular weight excluding hydrogens is 199 g/mol. The molecule has 0 atom stereocenters. The third kappa shape index (κ3) is 2.94. The SMILES string of the molecule is CCCOc1ccc(C(=O)OC)cc1F. The van der Waals surface area contributed by atoms with Crippen molar-refractivity contribution in [1.82, 2.24) is 0 Å². The number of rotatable bonds is 4. The maximum Gasteiger partial charge on any atom is 0.337 e. The van der Waals surface area contributed by atoms with Gasteiger partial charge in [-0.25, -0.2) is 9.18 Å². The zero-order valence-corrected chi connectivity index (χ0v) is 8.75. The van der Waals surface area contributed by atoms with Crippen molar-refractivity contribution in [3.8, 4) is 5.75 Å². The van der Waals surface area contributed by atoms with Gasteiger partial charge in [-0.2, -0.15) is 0 Å². The summed E-state index contributed by atoms with van der Waals surface area (Å²) in [7, 11) is 1.25. The molecule has 0 spiro atoms. The first kappa shape index (κ1) is 11.5. The van der Waals surface area contributed by atoms with E-state index in [0.717, 1.165) is 12.5 Å². The van der Waals surface area contributed by atoms with Gasteiger partial charge in [-0.15, -0.1) is 0 Å². The Morgan fingerprint density at radius 3 is 2.73 bits per heavy atom. The molecule has 0 heterocycles. The molecule has 1 aromatic rings. The molecule has 4 heteroatoms. The van der Waals surface area contributed by atoms with Crippen LogP contribution in [0.25, 0.3) is 0 Å². The van der Waals surface area contributed by atoms with Gasteiger partial charge in [0.05, 0.1) is 19.3 Å². The summed E-state index contributed by atoms with van der Waals surface area (Å²) < 4.78 is 22.9. The zero-order chi connectivity index (χ0) is 11.3. The van der Waals surface area contributed by atoms with Gasteiger partial charge < -0.3 is 9.47 Å². The molecule has 0 amide bonds. The van der Waals surface area contributed by atoms with Crippen LogP contribution in [0.2, 0.25) is 0 Å². The standard InChI is InChI=1S/C11H13FO3/c1-3-6-15-10-5-4-8(7-9(10)12)11(13)14-2/h4-5,7H,3,6H2,1-2H3. The maximum absolute atomic E-state index is 13.3. The van der Waals surface area contributed by atoms with Gasteiger partial charge in [0, 0.05) is 0 Å². The molecule has 0 fully saturated rings. The molecule has 0 aliphatic rings. The second-order valence-electron chi connectivity index (χ2n) is 2.99. The van der Waals surface area contributed by atoms with Crippen molar-refractivity contribution in [3.05, 3.63) is 29.6 Å². The molecule has 0 aliphatic heterocycles. The number of hydrogen-bond donors (Lipinski definition) is 0. The molecule has 0 aliphatic carbocycles. The third-order valence-electron chi connectivity index (χ3n) is 1.81. The summed E-state index contributed by atoms with van der Waals surface area (Å²) in [6.45, 7) is 2.38. The first-order valence-corrected chi connectivity index (χ1v) is 4.69. The van der Waals surface area contributed by atoms with Gasteiger partial charge in [-0.1, -0.05) is 6.92 Å². The van der Waals surface area contributed by atoms with Crippen molar-refractivity contribution in [1.29, 1.82) is 0 Å². The van der Waals surface area contributed by atoms with Crippen LogP contribution in [-0.4, -0.2) is 19.7 Å². The van der Waals surface area contributed by atoms with Crippen LogP contribution in [0.3, 0.4) is 0 Å². The van der Waals surface area contributed by atoms with Crippen LogP contribution in [0.1, 0.15) is 23.7 Å². The van der Waals surface area contributed by atoms with E-state index in [0.29, 0.717) is 6.61 Å². The Balaban J connectivity index is 2.83. The zero-order valence-electron chi connectivity index (χ0n) is 8.75. The highest BCUT2D eigenvalue weighted by Crippen LogP contribution is 2.18. The lowest BCUT2D eigenvalue weighted by Gasteiger charge is -2.06. The van der Waals surface area contributed by atoms with Gasteiger partial charge in [0.15, 0.2) is 11.6 Å². The minimum atomic E-state index is -0.559. The van der Waals surface area contributed by atoms with E-state index in [-0.39, 0.29) is 11.3 Å². The minimum absolute atomic E-state index is 0.157. The van der Waals surface area contributed by atoms with E-state index in [9.17, 15) is 9.18 Å². The lowest BCUT2D eigenvalue weighted by Crippen LogP contribution is -2.03. The van der Waals surface area contributed by atoms with Crippen molar-refractivity contribution in [2.75, 3.05) is 13.7 Å². The molecule has 0 aromatic heterocycles. The summed E-state index contributed by atoms with van der Waals surface area (Å²) >= 11 is 0. The molecule has 15 heavy (non-hydrogen) atoms. The van der Waals surface area contributed by atoms with Gasteiger partial charge in [-0.3, -0.25) is 0 Å². The maximum atomic E-state index is 13.3. The molecule has 1 aromatic carbocycles. The van der Waals surface area contributed by atoms with Gasteiger partial charge in [0.2, 0.25) is 0 Å². The highest BCUT2D eigenvalue weighted by atomic mass is 19.1. The van der Waals surface area contributed by atoms with Crippen LogP contribution in [0, 0.1) is 5.82 Å². The summed E-state index contributed by atoms with van der Waals surface area (Å²) in [5.41, 5.74) is 0.179. The molecule has 0 N–H and O–H groups in total. The lowest BCUT2D eigenvalue weighted by atomic mass is 10.2. The van der Waals surface area contributed by atoms with E-state index in [1.165, 1.54) is 19.2 Å². The Morgan fingerprint density at radius 2 is 2.20 bits per heavy atom. The van der Waals surface area contributed by atoms with Gasteiger partial charge in [0.1, 0.15) is 0 Å². The smallest absolute Gasteiger partial charge is 0.337 e. The average Bonchev–Trinajstić information content (AvgIpc) is 2.26. The highest BCUT2D eigenvalue weighted by Gasteiger charge is 2.10. The van der Waals surface area contributed by atoms with Crippen LogP contribution in [0.5, 0.6) is 5.75 Å². The quantitative estimate of drug-likeness (QED) is 0.719. The van der Waals surface area contributed by atoms with E-state index in [2.05, 4.69) is 4.74 Å². The van der Waals surface area contributed by atoms with Gasteiger partial charge in [0.25, 0.3) is 0 Å². The summed E-state index contributed by atoms with van der Waals surface area (Å²) in [5.74, 6) is -0.952. The lowest BCUT2D eigenvalue weighted by molar-refractivity contribution is 0.0600. The summed E-state index contributed by atoms with van der Waals surface area (Å²) in [4.78, 5) is 11.1. The van der Waals surface area contributed by atoms with Crippen LogP contribution < -0.4 is 4.74 Å². The number of carbonyl (C=O) groups is 1. The molecule has 0 saturated heterocycles. The Hall–Kier alpha value is -1.58. The topological polar surface area (TPSA) is 35.5 Å². The Morgan fingerprint density at radius 1 is 1.47 bits per heavy atom. The Labute approximate surface area is 87.8 Å². The predicted octanol–water partition coefficient (Wildman–Crippen LogP) is 2.40. The van der Waals surface area contributed by atoms with Crippen LogP contribution in [0.15, 0.2) is 18.2 Å². The number of carbonyl (C=O) groups excluding carboxylic acids is 1. The van der Waals surface area contributed by atoms with Gasteiger partial charge >= 0.3 is 5.97 Å². The second kappa shape index (κ2) is 5.34. The van der Waals surface area contributed by atoms with Crippen LogP contribution in [-0.2, 0) is 4.74 Å². The van der Waals surface area contributed by atoms with Crippen LogP contribution in [0.4, 0.5) is 4.39 Å². The summed E-state index contributed by atoms with van der Waals surface area (Å²) in [6.07, 6.45) is 0.804. The third-order valence-corrected chi connectivity index (χ3v) is 1.81. The molecule has 82 valence electrons. The predicted molar refractivity (Wildman–Crippen MR) is 53.5 cm³/mol. The number of methoxy groups -OCH3 is 1. The fraction of sp³-hybridized carbons (Fsp3) is 0.364. The van der Waals surface area contributed by atoms with Crippen molar-refractivity contribution in [2.24, 2.45) is 0 Å². The number of benzene rings is 1. The number of hydrogen-bond acceptors (Lipinski definition) is 3. The fourth-order valence-electron chi connectivity index (χ4n) is 1.07. The number of ether oxygens (including phenoxy) is 2. The normalized spacial score (nSPS) is 9.80. The summed E-state index contributed by atoms with van der Waals surface area (Å²) in [5, 5.41) is 0. The van der Waals surface area contributed by atoms with E-state index in [1.54, 1.807) is 0 Å². The highest BCUT2D eigenvalue weighted by molar-refractivity contribution is 5.89. The van der Waals surface area contributed by atoms with Crippen molar-refractivity contribution in [3.63, 3.8) is 0 Å². The van der Waals surface area contributed by atoms with Crippen LogP contribution >= 0.6 is 0 Å². The Kier molecular flexibility index (Phi) is 4.09. The molecule has 0 radical (unpaired) electrons. The minimum Gasteiger partial charge on any atom is -0.491 e. The van der Waals surface area contributed by atoms with E-state index in [4.69, 9.17) is 4.74 Å². The van der Waals surface area contributed by atoms with E-state index in [1.807, 2.05) is 6.92 Å². The molecule has 3 nitrogen and oxygen atoms in total. The first-order valence-electron chi connectivity index (χ1n) is 4.69. The van der Waals surface area contributed by atoms with Crippen molar-refractivity contribution in [2.45, 2.75) is 13.3 Å². The van der Waals surface area contributed by atoms with Crippen molar-refractivity contribution >= 4 is 5.97 Å². The molecule has 0 saturated carbocycles. The van der Waals surface area contributed by atoms with E-state index >= 15 is 0 Å². The van der Waals surface area contributed by atoms with Gasteiger partial charge in [-0.05, 0) is 24.6 Å². The Bertz CT molecular complexity index is 350. The first-order chi connectivity index (χ1) is 7.19. The number of esters is 1. The number of halogens is 1. The molecule has 0 bridgehead atoms. The molecular formula is C11H13FO3. The molecule has 1 rings (SSSR count). The second-order valence-corrected chi connectivity index (χ2v) is 2.99. The average molecular weight is 212 g/mol.